The van der Waals surface area contributed by atoms with Crippen LogP contribution in [0.15, 0.2) is 24.3 Å². The van der Waals surface area contributed by atoms with Gasteiger partial charge in [-0.1, -0.05) is 17.7 Å². The second-order valence-corrected chi connectivity index (χ2v) is 4.51. The Labute approximate surface area is 95.1 Å². The van der Waals surface area contributed by atoms with Crippen molar-refractivity contribution in [2.75, 3.05) is 14.1 Å². The third kappa shape index (κ3) is 1.87. The molecule has 0 amide bonds. The molecule has 0 spiro atoms. The molecule has 1 aromatic heterocycles. The summed E-state index contributed by atoms with van der Waals surface area (Å²) in [4.78, 5) is 2.15. The number of benzene rings is 1. The van der Waals surface area contributed by atoms with Crippen molar-refractivity contribution in [3.63, 3.8) is 0 Å². The van der Waals surface area contributed by atoms with Gasteiger partial charge in [0.25, 0.3) is 0 Å². The van der Waals surface area contributed by atoms with Gasteiger partial charge in [-0.2, -0.15) is 0 Å². The number of halogens is 1. The predicted octanol–water partition coefficient (Wildman–Crippen LogP) is 2.89. The number of hydrogen-bond donors (Lipinski definition) is 0. The van der Waals surface area contributed by atoms with Gasteiger partial charge in [-0.05, 0) is 32.3 Å². The van der Waals surface area contributed by atoms with Crippen molar-refractivity contribution >= 4 is 22.5 Å². The van der Waals surface area contributed by atoms with Gasteiger partial charge in [0.2, 0.25) is 0 Å². The monoisotopic (exact) mass is 222 g/mol. The first-order chi connectivity index (χ1) is 7.09. The fourth-order valence-electron chi connectivity index (χ4n) is 1.85. The first-order valence-electron chi connectivity index (χ1n) is 4.97. The zero-order valence-corrected chi connectivity index (χ0v) is 10.0. The number of hydrogen-bond acceptors (Lipinski definition) is 1. The average Bonchev–Trinajstić information content (AvgIpc) is 2.46. The molecular formula is C12H15ClN2. The van der Waals surface area contributed by atoms with Crippen molar-refractivity contribution in [1.29, 1.82) is 0 Å². The summed E-state index contributed by atoms with van der Waals surface area (Å²) in [6.45, 7) is 0.932. The summed E-state index contributed by atoms with van der Waals surface area (Å²) in [7, 11) is 6.22. The lowest BCUT2D eigenvalue weighted by molar-refractivity contribution is 0.392. The molecule has 2 nitrogen and oxygen atoms in total. The van der Waals surface area contributed by atoms with Crippen LogP contribution in [-0.4, -0.2) is 23.6 Å². The highest BCUT2D eigenvalue weighted by molar-refractivity contribution is 6.35. The minimum absolute atomic E-state index is 0.827. The molecule has 0 bridgehead atoms. The van der Waals surface area contributed by atoms with Crippen LogP contribution in [0.4, 0.5) is 0 Å². The smallest absolute Gasteiger partial charge is 0.0499 e. The molecule has 2 aromatic rings. The first-order valence-corrected chi connectivity index (χ1v) is 5.35. The van der Waals surface area contributed by atoms with Crippen molar-refractivity contribution in [3.05, 3.63) is 35.0 Å². The number of aryl methyl sites for hydroxylation is 1. The maximum Gasteiger partial charge on any atom is 0.0499 e. The fourth-order valence-corrected chi connectivity index (χ4v) is 2.08. The topological polar surface area (TPSA) is 8.17 Å². The van der Waals surface area contributed by atoms with Crippen LogP contribution in [0.1, 0.15) is 5.69 Å². The Kier molecular flexibility index (Phi) is 2.72. The molecule has 1 aromatic carbocycles. The molecule has 0 saturated heterocycles. The Morgan fingerprint density at radius 1 is 1.33 bits per heavy atom. The van der Waals surface area contributed by atoms with Crippen molar-refractivity contribution < 1.29 is 0 Å². The molecule has 0 atom stereocenters. The lowest BCUT2D eigenvalue weighted by Crippen LogP contribution is -2.13. The third-order valence-electron chi connectivity index (χ3n) is 2.61. The van der Waals surface area contributed by atoms with Gasteiger partial charge in [0.1, 0.15) is 0 Å². The Morgan fingerprint density at radius 2 is 2.07 bits per heavy atom. The van der Waals surface area contributed by atoms with Crippen LogP contribution in [-0.2, 0) is 13.6 Å². The van der Waals surface area contributed by atoms with Gasteiger partial charge >= 0.3 is 0 Å². The van der Waals surface area contributed by atoms with Crippen molar-refractivity contribution in [2.24, 2.45) is 7.05 Å². The van der Waals surface area contributed by atoms with Gasteiger partial charge < -0.3 is 9.47 Å². The van der Waals surface area contributed by atoms with Crippen LogP contribution >= 0.6 is 11.6 Å². The minimum atomic E-state index is 0.827. The second-order valence-electron chi connectivity index (χ2n) is 4.11. The highest BCUT2D eigenvalue weighted by Crippen LogP contribution is 2.26. The standard InChI is InChI=1S/C12H15ClN2/c1-14(2)8-9-7-10-11(13)5-4-6-12(10)15(9)3/h4-7H,8H2,1-3H3. The van der Waals surface area contributed by atoms with Gasteiger partial charge in [-0.25, -0.2) is 0 Å². The van der Waals surface area contributed by atoms with Crippen LogP contribution < -0.4 is 0 Å². The number of aromatic nitrogens is 1. The highest BCUT2D eigenvalue weighted by atomic mass is 35.5. The quantitative estimate of drug-likeness (QED) is 0.759. The first kappa shape index (κ1) is 10.5. The maximum absolute atomic E-state index is 6.15. The zero-order chi connectivity index (χ0) is 11.0. The SMILES string of the molecule is CN(C)Cc1cc2c(Cl)cccc2n1C. The lowest BCUT2D eigenvalue weighted by atomic mass is 10.2. The zero-order valence-electron chi connectivity index (χ0n) is 9.29. The normalized spacial score (nSPS) is 11.5. The van der Waals surface area contributed by atoms with E-state index in [1.807, 2.05) is 12.1 Å². The van der Waals surface area contributed by atoms with Crippen molar-refractivity contribution in [1.82, 2.24) is 9.47 Å². The van der Waals surface area contributed by atoms with E-state index in [9.17, 15) is 0 Å². The van der Waals surface area contributed by atoms with Gasteiger partial charge in [-0.15, -0.1) is 0 Å². The molecule has 80 valence electrons. The molecular weight excluding hydrogens is 208 g/mol. The molecule has 0 fully saturated rings. The molecule has 3 heteroatoms. The van der Waals surface area contributed by atoms with Crippen LogP contribution in [0.2, 0.25) is 5.02 Å². The fraction of sp³-hybridized carbons (Fsp3) is 0.333. The van der Waals surface area contributed by atoms with Crippen LogP contribution in [0.3, 0.4) is 0 Å². The van der Waals surface area contributed by atoms with Crippen LogP contribution in [0.25, 0.3) is 10.9 Å². The molecule has 1 heterocycles. The molecule has 0 saturated carbocycles. The van der Waals surface area contributed by atoms with E-state index in [1.165, 1.54) is 11.2 Å². The number of rotatable bonds is 2. The summed E-state index contributed by atoms with van der Waals surface area (Å²) in [5.41, 5.74) is 2.47. The van der Waals surface area contributed by atoms with E-state index in [1.54, 1.807) is 0 Å². The number of fused-ring (bicyclic) bond motifs is 1. The molecule has 15 heavy (non-hydrogen) atoms. The van der Waals surface area contributed by atoms with E-state index in [-0.39, 0.29) is 0 Å². The molecule has 0 radical (unpaired) electrons. The summed E-state index contributed by atoms with van der Waals surface area (Å²) in [5.74, 6) is 0. The molecule has 0 aliphatic rings. The van der Waals surface area contributed by atoms with E-state index in [2.05, 4.69) is 42.7 Å². The molecule has 0 unspecified atom stereocenters. The van der Waals surface area contributed by atoms with Gasteiger partial charge in [0.15, 0.2) is 0 Å². The molecule has 2 rings (SSSR count). The summed E-state index contributed by atoms with van der Waals surface area (Å²) in [5, 5.41) is 1.96. The summed E-state index contributed by atoms with van der Waals surface area (Å²) in [6.07, 6.45) is 0. The molecule has 0 N–H and O–H groups in total. The third-order valence-corrected chi connectivity index (χ3v) is 2.94. The van der Waals surface area contributed by atoms with Crippen LogP contribution in [0.5, 0.6) is 0 Å². The Bertz CT molecular complexity index is 486. The summed E-state index contributed by atoms with van der Waals surface area (Å²) >= 11 is 6.15. The Morgan fingerprint density at radius 3 is 2.67 bits per heavy atom. The highest BCUT2D eigenvalue weighted by Gasteiger charge is 2.08. The number of nitrogens with zero attached hydrogens (tertiary/aromatic N) is 2. The van der Waals surface area contributed by atoms with Crippen LogP contribution in [0, 0.1) is 0 Å². The van der Waals surface area contributed by atoms with E-state index in [0.717, 1.165) is 17.0 Å². The largest absolute Gasteiger partial charge is 0.346 e. The average molecular weight is 223 g/mol. The van der Waals surface area contributed by atoms with E-state index < -0.39 is 0 Å². The lowest BCUT2D eigenvalue weighted by Gasteiger charge is -2.10. The van der Waals surface area contributed by atoms with Gasteiger partial charge in [0.05, 0.1) is 0 Å². The Hall–Kier alpha value is -0.990. The predicted molar refractivity (Wildman–Crippen MR) is 65.3 cm³/mol. The second kappa shape index (κ2) is 3.87. The van der Waals surface area contributed by atoms with E-state index in [0.29, 0.717) is 0 Å². The van der Waals surface area contributed by atoms with E-state index in [4.69, 9.17) is 11.6 Å². The summed E-state index contributed by atoms with van der Waals surface area (Å²) in [6, 6.07) is 8.19. The molecule has 0 aliphatic carbocycles. The Balaban J connectivity index is 2.59. The van der Waals surface area contributed by atoms with Gasteiger partial charge in [0, 0.05) is 35.2 Å². The van der Waals surface area contributed by atoms with Crippen molar-refractivity contribution in [2.45, 2.75) is 6.54 Å². The maximum atomic E-state index is 6.15. The van der Waals surface area contributed by atoms with Gasteiger partial charge in [-0.3, -0.25) is 0 Å². The summed E-state index contributed by atoms with van der Waals surface area (Å²) < 4.78 is 2.20. The van der Waals surface area contributed by atoms with E-state index >= 15 is 0 Å². The minimum Gasteiger partial charge on any atom is -0.346 e. The van der Waals surface area contributed by atoms with Crippen molar-refractivity contribution in [3.8, 4) is 0 Å². The molecule has 0 aliphatic heterocycles.